The van der Waals surface area contributed by atoms with Crippen molar-refractivity contribution in [1.82, 2.24) is 0 Å². The number of Topliss-reactive ketones (excluding diaryl/α,β-unsaturated/α-hetero) is 2. The van der Waals surface area contributed by atoms with Crippen LogP contribution in [0.2, 0.25) is 0 Å². The van der Waals surface area contributed by atoms with E-state index >= 15 is 0 Å². The van der Waals surface area contributed by atoms with Crippen molar-refractivity contribution in [2.45, 2.75) is 31.0 Å². The van der Waals surface area contributed by atoms with E-state index in [2.05, 4.69) is 0 Å². The van der Waals surface area contributed by atoms with Crippen LogP contribution in [-0.4, -0.2) is 69.3 Å². The van der Waals surface area contributed by atoms with E-state index < -0.39 is 86.7 Å². The van der Waals surface area contributed by atoms with Crippen molar-refractivity contribution in [3.63, 3.8) is 0 Å². The molecule has 3 aliphatic rings. The molecule has 39 heavy (non-hydrogen) atoms. The predicted octanol–water partition coefficient (Wildman–Crippen LogP) is 1.09. The summed E-state index contributed by atoms with van der Waals surface area (Å²) in [4.78, 5) is 39.4. The van der Waals surface area contributed by atoms with Gasteiger partial charge in [0.2, 0.25) is 5.78 Å². The number of ether oxygens (including phenoxy) is 4. The first-order chi connectivity index (χ1) is 18.5. The van der Waals surface area contributed by atoms with E-state index in [1.54, 1.807) is 0 Å². The number of benzene rings is 2. The summed E-state index contributed by atoms with van der Waals surface area (Å²) in [5.74, 6) is -8.28. The zero-order valence-corrected chi connectivity index (χ0v) is 20.5. The van der Waals surface area contributed by atoms with Crippen LogP contribution in [0.4, 0.5) is 0 Å². The van der Waals surface area contributed by atoms with Gasteiger partial charge in [-0.15, -0.1) is 0 Å². The lowest BCUT2D eigenvalue weighted by atomic mass is 9.82. The van der Waals surface area contributed by atoms with Gasteiger partial charge in [0.1, 0.15) is 23.0 Å². The molecule has 2 aliphatic heterocycles. The molecule has 4 atom stereocenters. The molecule has 0 fully saturated rings. The van der Waals surface area contributed by atoms with Crippen molar-refractivity contribution < 1.29 is 58.5 Å². The van der Waals surface area contributed by atoms with Crippen LogP contribution in [-0.2, 0) is 9.47 Å². The molecular formula is C26H20O13. The van der Waals surface area contributed by atoms with E-state index in [9.17, 15) is 39.9 Å². The quantitative estimate of drug-likeness (QED) is 0.289. The van der Waals surface area contributed by atoms with Crippen molar-refractivity contribution in [1.29, 1.82) is 0 Å². The average molecular weight is 540 g/mol. The second kappa shape index (κ2) is 7.96. The molecule has 202 valence electrons. The third-order valence-corrected chi connectivity index (χ3v) is 7.18. The number of hydrogen-bond donors (Lipinski definition) is 5. The highest BCUT2D eigenvalue weighted by Crippen LogP contribution is 2.55. The third-order valence-electron chi connectivity index (χ3n) is 7.18. The number of ketones is 2. The lowest BCUT2D eigenvalue weighted by Crippen LogP contribution is -2.60. The number of carbonyl (C=O) groups excluding carboxylic acids is 2. The Morgan fingerprint density at radius 2 is 1.64 bits per heavy atom. The number of fused-ring (bicyclic) bond motifs is 3. The molecule has 1 aliphatic carbocycles. The Morgan fingerprint density at radius 1 is 0.923 bits per heavy atom. The fraction of sp³-hybridized carbons (Fsp3) is 0.269. The maximum atomic E-state index is 13.4. The first-order valence-electron chi connectivity index (χ1n) is 11.5. The van der Waals surface area contributed by atoms with Crippen LogP contribution < -0.4 is 15.1 Å². The van der Waals surface area contributed by atoms with Crippen LogP contribution >= 0.6 is 0 Å². The van der Waals surface area contributed by atoms with Crippen molar-refractivity contribution in [2.75, 3.05) is 14.2 Å². The van der Waals surface area contributed by atoms with Gasteiger partial charge in [0.05, 0.1) is 23.8 Å². The Labute approximate surface area is 217 Å². The van der Waals surface area contributed by atoms with Gasteiger partial charge >= 0.3 is 11.4 Å². The molecule has 1 spiro atoms. The summed E-state index contributed by atoms with van der Waals surface area (Å²) >= 11 is 0. The molecule has 13 nitrogen and oxygen atoms in total. The van der Waals surface area contributed by atoms with Gasteiger partial charge in [-0.1, -0.05) is 0 Å². The maximum absolute atomic E-state index is 13.4. The summed E-state index contributed by atoms with van der Waals surface area (Å²) in [5.41, 5.74) is -2.75. The molecule has 6 rings (SSSR count). The highest BCUT2D eigenvalue weighted by atomic mass is 16.7. The van der Waals surface area contributed by atoms with Gasteiger partial charge in [-0.05, 0) is 24.4 Å². The fourth-order valence-electron chi connectivity index (χ4n) is 5.42. The monoisotopic (exact) mass is 540 g/mol. The molecule has 5 N–H and O–H groups in total. The summed E-state index contributed by atoms with van der Waals surface area (Å²) in [6.07, 6.45) is -5.43. The number of aromatic hydroxyl groups is 3. The number of aliphatic hydroxyl groups is 2. The Kier molecular flexibility index (Phi) is 5.05. The summed E-state index contributed by atoms with van der Waals surface area (Å²) in [5, 5.41) is 54.8. The predicted molar refractivity (Wildman–Crippen MR) is 127 cm³/mol. The molecule has 0 saturated heterocycles. The number of carbonyl (C=O) groups is 2. The highest BCUT2D eigenvalue weighted by molar-refractivity contribution is 6.29. The molecule has 0 amide bonds. The van der Waals surface area contributed by atoms with Gasteiger partial charge in [0.15, 0.2) is 46.7 Å². The van der Waals surface area contributed by atoms with Crippen LogP contribution in [0.3, 0.4) is 0 Å². The van der Waals surface area contributed by atoms with Crippen LogP contribution in [0, 0.1) is 6.92 Å². The molecule has 0 bridgehead atoms. The van der Waals surface area contributed by atoms with Crippen LogP contribution in [0.25, 0.3) is 10.8 Å². The second-order valence-electron chi connectivity index (χ2n) is 9.28. The average Bonchev–Trinajstić information content (AvgIpc) is 3.18. The van der Waals surface area contributed by atoms with E-state index in [0.717, 1.165) is 13.2 Å². The smallest absolute Gasteiger partial charge is 0.347 e. The van der Waals surface area contributed by atoms with E-state index in [-0.39, 0.29) is 27.8 Å². The van der Waals surface area contributed by atoms with Gasteiger partial charge in [-0.2, -0.15) is 0 Å². The molecule has 3 aromatic rings. The lowest BCUT2D eigenvalue weighted by molar-refractivity contribution is -0.273. The Bertz CT molecular complexity index is 1730. The van der Waals surface area contributed by atoms with Crippen molar-refractivity contribution in [3.05, 3.63) is 62.4 Å². The molecule has 4 unspecified atom stereocenters. The number of phenols is 3. The highest BCUT2D eigenvalue weighted by Gasteiger charge is 2.66. The molecule has 0 saturated carbocycles. The zero-order valence-electron chi connectivity index (χ0n) is 20.5. The molecule has 3 heterocycles. The minimum absolute atomic E-state index is 0.0762. The first-order valence-corrected chi connectivity index (χ1v) is 11.5. The molecule has 2 aromatic carbocycles. The minimum Gasteiger partial charge on any atom is -0.507 e. The topological polar surface area (TPSA) is 202 Å². The number of aliphatic hydroxyl groups excluding tert-OH is 2. The maximum Gasteiger partial charge on any atom is 0.347 e. The zero-order chi connectivity index (χ0) is 28.1. The van der Waals surface area contributed by atoms with E-state index in [0.29, 0.717) is 0 Å². The second-order valence-corrected chi connectivity index (χ2v) is 9.28. The van der Waals surface area contributed by atoms with Crippen molar-refractivity contribution in [2.24, 2.45) is 0 Å². The molecule has 0 radical (unpaired) electrons. The van der Waals surface area contributed by atoms with E-state index in [1.165, 1.54) is 26.2 Å². The normalized spacial score (nSPS) is 25.3. The minimum atomic E-state index is -2.63. The Hall–Kier alpha value is -4.59. The number of aryl methyl sites for hydroxylation is 1. The van der Waals surface area contributed by atoms with Crippen LogP contribution in [0.5, 0.6) is 28.7 Å². The van der Waals surface area contributed by atoms with Gasteiger partial charge in [-0.25, -0.2) is 4.79 Å². The number of methoxy groups -OCH3 is 2. The molecular weight excluding hydrogens is 520 g/mol. The third kappa shape index (κ3) is 2.97. The van der Waals surface area contributed by atoms with Gasteiger partial charge in [0, 0.05) is 18.7 Å². The largest absolute Gasteiger partial charge is 0.507 e. The van der Waals surface area contributed by atoms with Gasteiger partial charge in [-0.3, -0.25) is 9.59 Å². The lowest BCUT2D eigenvalue weighted by Gasteiger charge is -2.44. The summed E-state index contributed by atoms with van der Waals surface area (Å²) in [6, 6.07) is 3.81. The first kappa shape index (κ1) is 24.7. The van der Waals surface area contributed by atoms with E-state index in [4.69, 9.17) is 23.4 Å². The SMILES string of the molecule is COc1cc(O)c2c(c1O)C(=O)C1=C(C2=O)C(O)C2(O1)Oc1c(cc3cc(C)oc(=O)c3c1O)C(OC)C2O. The summed E-state index contributed by atoms with van der Waals surface area (Å²) in [7, 11) is 2.38. The fourth-order valence-corrected chi connectivity index (χ4v) is 5.42. The molecule has 13 heteroatoms. The summed E-state index contributed by atoms with van der Waals surface area (Å²) < 4.78 is 27.0. The number of phenolic OH excluding ortho intramolecular Hbond substituents is 3. The standard InChI is InChI=1S/C26H20O13/c1-7-4-8-5-9-20(18(30)12(8)25(34)37-7)38-26(24(33)21(9)36-3)23(32)15-17(29)13-10(27)6-11(35-2)16(28)14(13)19(31)22(15)39-26/h4-6,21,23-24,27-28,30,32-33H,1-3H3. The van der Waals surface area contributed by atoms with Gasteiger partial charge < -0.3 is 48.9 Å². The number of hydrogen-bond acceptors (Lipinski definition) is 13. The van der Waals surface area contributed by atoms with Crippen LogP contribution in [0.1, 0.15) is 38.1 Å². The Balaban J connectivity index is 1.54. The van der Waals surface area contributed by atoms with Crippen molar-refractivity contribution >= 4 is 22.3 Å². The number of allylic oxidation sites excluding steroid dienone is 1. The molecule has 1 aromatic heterocycles. The number of rotatable bonds is 2. The Morgan fingerprint density at radius 3 is 2.31 bits per heavy atom. The van der Waals surface area contributed by atoms with Gasteiger partial charge in [0.25, 0.3) is 0 Å². The van der Waals surface area contributed by atoms with Crippen molar-refractivity contribution in [3.8, 4) is 28.7 Å². The van der Waals surface area contributed by atoms with E-state index in [1.807, 2.05) is 0 Å². The van der Waals surface area contributed by atoms with Crippen LogP contribution in [0.15, 0.2) is 38.7 Å². The summed E-state index contributed by atoms with van der Waals surface area (Å²) in [6.45, 7) is 1.53.